The zero-order valence-electron chi connectivity index (χ0n) is 11.0. The predicted octanol–water partition coefficient (Wildman–Crippen LogP) is 3.59. The number of carbonyl (C=O) groups excluding carboxylic acids is 1. The van der Waals surface area contributed by atoms with Crippen LogP contribution in [0.25, 0.3) is 0 Å². The van der Waals surface area contributed by atoms with Crippen LogP contribution >= 0.6 is 11.8 Å². The molecule has 0 atom stereocenters. The van der Waals surface area contributed by atoms with E-state index in [1.807, 2.05) is 49.3 Å². The van der Waals surface area contributed by atoms with Crippen LogP contribution in [0, 0.1) is 0 Å². The molecule has 1 heterocycles. The van der Waals surface area contributed by atoms with Crippen molar-refractivity contribution in [3.8, 4) is 0 Å². The average molecular weight is 269 g/mol. The summed E-state index contributed by atoms with van der Waals surface area (Å²) in [4.78, 5) is 15.8. The molecule has 2 aromatic rings. The van der Waals surface area contributed by atoms with Gasteiger partial charge >= 0.3 is 0 Å². The second-order valence-corrected chi connectivity index (χ2v) is 5.87. The van der Waals surface area contributed by atoms with Gasteiger partial charge in [-0.25, -0.2) is 0 Å². The molecule has 0 bridgehead atoms. The van der Waals surface area contributed by atoms with Crippen molar-refractivity contribution < 1.29 is 4.79 Å². The molecule has 3 rings (SSSR count). The van der Waals surface area contributed by atoms with Gasteiger partial charge in [-0.3, -0.25) is 4.79 Å². The Morgan fingerprint density at radius 1 is 1.05 bits per heavy atom. The number of anilines is 1. The van der Waals surface area contributed by atoms with Crippen molar-refractivity contribution in [2.24, 2.45) is 0 Å². The van der Waals surface area contributed by atoms with Gasteiger partial charge < -0.3 is 4.90 Å². The molecule has 1 aliphatic heterocycles. The van der Waals surface area contributed by atoms with E-state index in [4.69, 9.17) is 0 Å². The van der Waals surface area contributed by atoms with Crippen LogP contribution in [0.5, 0.6) is 0 Å². The smallest absolute Gasteiger partial charge is 0.194 e. The van der Waals surface area contributed by atoms with E-state index in [1.54, 1.807) is 11.8 Å². The van der Waals surface area contributed by atoms with Crippen molar-refractivity contribution in [3.05, 3.63) is 59.2 Å². The Bertz CT molecular complexity index is 649. The highest BCUT2D eigenvalue weighted by Crippen LogP contribution is 2.34. The second kappa shape index (κ2) is 4.74. The SMILES string of the molecule is CN(C)c1ccc2c(c1)C(=O)c1ccccc1SC2. The maximum Gasteiger partial charge on any atom is 0.194 e. The molecule has 3 heteroatoms. The van der Waals surface area contributed by atoms with Gasteiger partial charge in [0.1, 0.15) is 0 Å². The van der Waals surface area contributed by atoms with Gasteiger partial charge in [0.2, 0.25) is 0 Å². The third kappa shape index (κ3) is 2.15. The van der Waals surface area contributed by atoms with Crippen LogP contribution in [0.2, 0.25) is 0 Å². The fourth-order valence-corrected chi connectivity index (χ4v) is 3.31. The zero-order chi connectivity index (χ0) is 13.4. The van der Waals surface area contributed by atoms with Crippen LogP contribution < -0.4 is 4.90 Å². The first-order valence-electron chi connectivity index (χ1n) is 6.23. The summed E-state index contributed by atoms with van der Waals surface area (Å²) in [5.41, 5.74) is 3.85. The minimum Gasteiger partial charge on any atom is -0.378 e. The Morgan fingerprint density at radius 3 is 2.63 bits per heavy atom. The summed E-state index contributed by atoms with van der Waals surface area (Å²) in [6, 6.07) is 14.0. The minimum absolute atomic E-state index is 0.138. The van der Waals surface area contributed by atoms with E-state index in [0.717, 1.165) is 33.0 Å². The van der Waals surface area contributed by atoms with E-state index < -0.39 is 0 Å². The molecule has 0 spiro atoms. The van der Waals surface area contributed by atoms with Crippen LogP contribution in [0.3, 0.4) is 0 Å². The first-order chi connectivity index (χ1) is 9.16. The third-order valence-corrected chi connectivity index (χ3v) is 4.49. The van der Waals surface area contributed by atoms with Crippen LogP contribution in [-0.2, 0) is 5.75 Å². The quantitative estimate of drug-likeness (QED) is 0.789. The molecule has 0 unspecified atom stereocenters. The predicted molar refractivity (Wildman–Crippen MR) is 80.2 cm³/mol. The van der Waals surface area contributed by atoms with Crippen molar-refractivity contribution in [3.63, 3.8) is 0 Å². The number of rotatable bonds is 1. The van der Waals surface area contributed by atoms with E-state index in [9.17, 15) is 4.79 Å². The Labute approximate surface area is 117 Å². The van der Waals surface area contributed by atoms with Crippen molar-refractivity contribution in [2.75, 3.05) is 19.0 Å². The molecule has 0 amide bonds. The molecular formula is C16H15NOS. The van der Waals surface area contributed by atoms with E-state index in [2.05, 4.69) is 12.1 Å². The Hall–Kier alpha value is -1.74. The van der Waals surface area contributed by atoms with Gasteiger partial charge in [0.25, 0.3) is 0 Å². The summed E-state index contributed by atoms with van der Waals surface area (Å²) in [7, 11) is 3.98. The molecule has 2 nitrogen and oxygen atoms in total. The Kier molecular flexibility index (Phi) is 3.07. The van der Waals surface area contributed by atoms with Crippen LogP contribution in [0.1, 0.15) is 21.5 Å². The first-order valence-corrected chi connectivity index (χ1v) is 7.22. The highest BCUT2D eigenvalue weighted by atomic mass is 32.2. The monoisotopic (exact) mass is 269 g/mol. The molecule has 0 fully saturated rings. The first kappa shape index (κ1) is 12.3. The van der Waals surface area contributed by atoms with Gasteiger partial charge in [0, 0.05) is 41.6 Å². The molecular weight excluding hydrogens is 254 g/mol. The van der Waals surface area contributed by atoms with Gasteiger partial charge in [-0.05, 0) is 29.8 Å². The van der Waals surface area contributed by atoms with Crippen LogP contribution in [-0.4, -0.2) is 19.9 Å². The number of ketones is 1. The number of hydrogen-bond donors (Lipinski definition) is 0. The molecule has 1 aliphatic rings. The normalized spacial score (nSPS) is 13.5. The van der Waals surface area contributed by atoms with E-state index in [-0.39, 0.29) is 5.78 Å². The number of carbonyl (C=O) groups is 1. The van der Waals surface area contributed by atoms with E-state index >= 15 is 0 Å². The van der Waals surface area contributed by atoms with Crippen LogP contribution in [0.4, 0.5) is 5.69 Å². The summed E-state index contributed by atoms with van der Waals surface area (Å²) < 4.78 is 0. The summed E-state index contributed by atoms with van der Waals surface area (Å²) in [6.45, 7) is 0. The molecule has 19 heavy (non-hydrogen) atoms. The fraction of sp³-hybridized carbons (Fsp3) is 0.188. The molecule has 0 saturated heterocycles. The summed E-state index contributed by atoms with van der Waals surface area (Å²) >= 11 is 1.74. The lowest BCUT2D eigenvalue weighted by molar-refractivity contribution is 0.103. The van der Waals surface area contributed by atoms with Crippen LogP contribution in [0.15, 0.2) is 47.4 Å². The lowest BCUT2D eigenvalue weighted by Gasteiger charge is -2.14. The van der Waals surface area contributed by atoms with Gasteiger partial charge in [0.15, 0.2) is 5.78 Å². The Balaban J connectivity index is 2.16. The summed E-state index contributed by atoms with van der Waals surface area (Å²) in [5.74, 6) is 0.991. The molecule has 0 radical (unpaired) electrons. The zero-order valence-corrected chi connectivity index (χ0v) is 11.8. The Morgan fingerprint density at radius 2 is 1.84 bits per heavy atom. The lowest BCUT2D eigenvalue weighted by Crippen LogP contribution is -2.11. The standard InChI is InChI=1S/C16H15NOS/c1-17(2)12-8-7-11-10-19-15-6-4-3-5-13(15)16(18)14(11)9-12/h3-9H,10H2,1-2H3. The number of fused-ring (bicyclic) bond motifs is 2. The molecule has 0 N–H and O–H groups in total. The summed E-state index contributed by atoms with van der Waals surface area (Å²) in [6.07, 6.45) is 0. The molecule has 2 aromatic carbocycles. The average Bonchev–Trinajstić information content (AvgIpc) is 2.57. The molecule has 0 saturated carbocycles. The maximum absolute atomic E-state index is 12.7. The number of thioether (sulfide) groups is 1. The second-order valence-electron chi connectivity index (χ2n) is 4.85. The largest absolute Gasteiger partial charge is 0.378 e. The highest BCUT2D eigenvalue weighted by molar-refractivity contribution is 7.98. The summed E-state index contributed by atoms with van der Waals surface area (Å²) in [5, 5.41) is 0. The number of benzene rings is 2. The minimum atomic E-state index is 0.138. The lowest BCUT2D eigenvalue weighted by atomic mass is 9.98. The van der Waals surface area contributed by atoms with E-state index in [1.165, 1.54) is 0 Å². The fourth-order valence-electron chi connectivity index (χ4n) is 2.26. The molecule has 0 aliphatic carbocycles. The van der Waals surface area contributed by atoms with Gasteiger partial charge in [-0.1, -0.05) is 18.2 Å². The van der Waals surface area contributed by atoms with E-state index in [0.29, 0.717) is 0 Å². The van der Waals surface area contributed by atoms with Gasteiger partial charge in [-0.2, -0.15) is 0 Å². The maximum atomic E-state index is 12.7. The van der Waals surface area contributed by atoms with Crippen molar-refractivity contribution >= 4 is 23.2 Å². The van der Waals surface area contributed by atoms with Gasteiger partial charge in [0.05, 0.1) is 0 Å². The number of hydrogen-bond acceptors (Lipinski definition) is 3. The molecule has 96 valence electrons. The highest BCUT2D eigenvalue weighted by Gasteiger charge is 2.21. The van der Waals surface area contributed by atoms with Gasteiger partial charge in [-0.15, -0.1) is 11.8 Å². The van der Waals surface area contributed by atoms with Crippen molar-refractivity contribution in [2.45, 2.75) is 10.6 Å². The van der Waals surface area contributed by atoms with Crippen molar-refractivity contribution in [1.29, 1.82) is 0 Å². The third-order valence-electron chi connectivity index (χ3n) is 3.37. The van der Waals surface area contributed by atoms with Crippen molar-refractivity contribution in [1.82, 2.24) is 0 Å². The topological polar surface area (TPSA) is 20.3 Å². The molecule has 0 aromatic heterocycles. The number of nitrogens with zero attached hydrogens (tertiary/aromatic N) is 1.